The van der Waals surface area contributed by atoms with E-state index < -0.39 is 0 Å². The minimum atomic E-state index is -0.273. The van der Waals surface area contributed by atoms with E-state index in [-0.39, 0.29) is 17.8 Å². The van der Waals surface area contributed by atoms with Crippen LogP contribution in [0.25, 0.3) is 0 Å². The first kappa shape index (κ1) is 17.4. The Balaban J connectivity index is 1.53. The quantitative estimate of drug-likeness (QED) is 0.828. The predicted octanol–water partition coefficient (Wildman–Crippen LogP) is 3.01. The fraction of sp³-hybridized carbons (Fsp3) is 0.421. The van der Waals surface area contributed by atoms with Gasteiger partial charge in [-0.05, 0) is 30.9 Å². The largest absolute Gasteiger partial charge is 0.335 e. The second-order valence-corrected chi connectivity index (χ2v) is 7.43. The smallest absolute Gasteiger partial charge is 0.274 e. The van der Waals surface area contributed by atoms with Gasteiger partial charge in [-0.3, -0.25) is 14.7 Å². The topological polar surface area (TPSA) is 49.3 Å². The average Bonchev–Trinajstić information content (AvgIpc) is 2.97. The van der Waals surface area contributed by atoms with E-state index in [9.17, 15) is 9.18 Å². The number of halogens is 2. The molecule has 2 bridgehead atoms. The van der Waals surface area contributed by atoms with Gasteiger partial charge >= 0.3 is 0 Å². The molecule has 7 heteroatoms. The van der Waals surface area contributed by atoms with Gasteiger partial charge in [-0.25, -0.2) is 9.37 Å². The first-order valence-electron chi connectivity index (χ1n) is 8.84. The molecule has 1 aromatic carbocycles. The van der Waals surface area contributed by atoms with E-state index in [0.717, 1.165) is 19.4 Å². The van der Waals surface area contributed by atoms with Crippen LogP contribution in [-0.2, 0) is 6.54 Å². The summed E-state index contributed by atoms with van der Waals surface area (Å²) in [6.45, 7) is 2.64. The van der Waals surface area contributed by atoms with Crippen LogP contribution in [0.3, 0.4) is 0 Å². The second-order valence-electron chi connectivity index (χ2n) is 7.03. The van der Waals surface area contributed by atoms with Gasteiger partial charge in [0.2, 0.25) is 0 Å². The summed E-state index contributed by atoms with van der Waals surface area (Å²) >= 11 is 6.20. The lowest BCUT2D eigenvalue weighted by atomic mass is 9.94. The summed E-state index contributed by atoms with van der Waals surface area (Å²) < 4.78 is 14.2. The molecule has 136 valence electrons. The maximum Gasteiger partial charge on any atom is 0.274 e. The molecule has 0 spiro atoms. The number of benzene rings is 1. The molecule has 5 nitrogen and oxygen atoms in total. The van der Waals surface area contributed by atoms with Gasteiger partial charge in [-0.1, -0.05) is 17.7 Å². The molecule has 2 aromatic rings. The van der Waals surface area contributed by atoms with E-state index in [1.165, 1.54) is 18.5 Å². The Morgan fingerprint density at radius 1 is 1.23 bits per heavy atom. The van der Waals surface area contributed by atoms with E-state index in [1.807, 2.05) is 4.90 Å². The number of carbonyl (C=O) groups is 1. The van der Waals surface area contributed by atoms with Crippen LogP contribution in [0.4, 0.5) is 4.39 Å². The highest BCUT2D eigenvalue weighted by Gasteiger charge is 2.37. The van der Waals surface area contributed by atoms with E-state index in [2.05, 4.69) is 14.9 Å². The first-order chi connectivity index (χ1) is 12.6. The van der Waals surface area contributed by atoms with Crippen LogP contribution in [0.2, 0.25) is 5.02 Å². The number of nitrogens with zero attached hydrogens (tertiary/aromatic N) is 4. The van der Waals surface area contributed by atoms with E-state index in [4.69, 9.17) is 11.6 Å². The zero-order valence-corrected chi connectivity index (χ0v) is 15.1. The number of piperidine rings is 1. The van der Waals surface area contributed by atoms with Crippen molar-refractivity contribution in [1.82, 2.24) is 19.8 Å². The minimum absolute atomic E-state index is 0.0826. The number of fused-ring (bicyclic) bond motifs is 4. The van der Waals surface area contributed by atoms with E-state index in [1.54, 1.807) is 18.3 Å². The van der Waals surface area contributed by atoms with Crippen molar-refractivity contribution in [3.63, 3.8) is 0 Å². The molecule has 26 heavy (non-hydrogen) atoms. The Morgan fingerprint density at radius 3 is 2.88 bits per heavy atom. The molecule has 3 saturated heterocycles. The summed E-state index contributed by atoms with van der Waals surface area (Å²) in [5.74, 6) is 0.0193. The molecule has 1 amide bonds. The number of rotatable bonds is 3. The maximum atomic E-state index is 14.2. The highest BCUT2D eigenvalue weighted by atomic mass is 35.5. The van der Waals surface area contributed by atoms with Gasteiger partial charge in [0.15, 0.2) is 0 Å². The molecule has 0 unspecified atom stereocenters. The van der Waals surface area contributed by atoms with Crippen LogP contribution in [0.5, 0.6) is 0 Å². The minimum Gasteiger partial charge on any atom is -0.335 e. The second kappa shape index (κ2) is 7.29. The lowest BCUT2D eigenvalue weighted by Crippen LogP contribution is -2.44. The third-order valence-corrected chi connectivity index (χ3v) is 5.67. The van der Waals surface area contributed by atoms with Crippen LogP contribution in [-0.4, -0.2) is 51.4 Å². The fourth-order valence-electron chi connectivity index (χ4n) is 4.00. The number of carbonyl (C=O) groups excluding carboxylic acids is 1. The highest BCUT2D eigenvalue weighted by molar-refractivity contribution is 6.31. The van der Waals surface area contributed by atoms with Crippen LogP contribution in [0.1, 0.15) is 28.9 Å². The van der Waals surface area contributed by atoms with Gasteiger partial charge in [0.25, 0.3) is 5.91 Å². The molecule has 3 aliphatic rings. The third kappa shape index (κ3) is 3.44. The van der Waals surface area contributed by atoms with Crippen molar-refractivity contribution in [2.45, 2.75) is 25.4 Å². The number of hydrogen-bond acceptors (Lipinski definition) is 4. The Bertz CT molecular complexity index is 783. The van der Waals surface area contributed by atoms with Crippen molar-refractivity contribution in [3.8, 4) is 0 Å². The Hall–Kier alpha value is -2.05. The molecular formula is C19H20ClFN4O. The summed E-state index contributed by atoms with van der Waals surface area (Å²) in [6, 6.07) is 4.99. The molecule has 3 aliphatic heterocycles. The van der Waals surface area contributed by atoms with E-state index >= 15 is 0 Å². The molecule has 0 radical (unpaired) electrons. The van der Waals surface area contributed by atoms with Gasteiger partial charge < -0.3 is 4.90 Å². The molecule has 5 rings (SSSR count). The summed E-state index contributed by atoms with van der Waals surface area (Å²) in [4.78, 5) is 25.0. The van der Waals surface area contributed by atoms with Crippen LogP contribution < -0.4 is 0 Å². The van der Waals surface area contributed by atoms with Crippen LogP contribution >= 0.6 is 11.6 Å². The highest BCUT2D eigenvalue weighted by Crippen LogP contribution is 2.31. The lowest BCUT2D eigenvalue weighted by molar-refractivity contribution is 0.0729. The lowest BCUT2D eigenvalue weighted by Gasteiger charge is -2.36. The van der Waals surface area contributed by atoms with E-state index in [0.29, 0.717) is 41.8 Å². The number of aromatic nitrogens is 2. The van der Waals surface area contributed by atoms with Crippen LogP contribution in [0, 0.1) is 11.7 Å². The predicted molar refractivity (Wildman–Crippen MR) is 96.3 cm³/mol. The van der Waals surface area contributed by atoms with Crippen molar-refractivity contribution in [2.75, 3.05) is 19.6 Å². The number of amides is 1. The Labute approximate surface area is 156 Å². The normalized spacial score (nSPS) is 23.1. The molecule has 2 atom stereocenters. The Kier molecular flexibility index (Phi) is 4.87. The van der Waals surface area contributed by atoms with Crippen molar-refractivity contribution < 1.29 is 9.18 Å². The molecule has 1 aromatic heterocycles. The molecule has 0 saturated carbocycles. The average molecular weight is 375 g/mol. The summed E-state index contributed by atoms with van der Waals surface area (Å²) in [5.41, 5.74) is 0.908. The van der Waals surface area contributed by atoms with Gasteiger partial charge in [-0.2, -0.15) is 0 Å². The summed E-state index contributed by atoms with van der Waals surface area (Å²) in [6.07, 6.45) is 6.68. The first-order valence-corrected chi connectivity index (χ1v) is 9.22. The van der Waals surface area contributed by atoms with Crippen molar-refractivity contribution in [2.24, 2.45) is 5.92 Å². The number of hydrogen-bond donors (Lipinski definition) is 0. The van der Waals surface area contributed by atoms with Gasteiger partial charge in [0.05, 0.1) is 6.20 Å². The Morgan fingerprint density at radius 2 is 2.12 bits per heavy atom. The molecule has 0 aliphatic carbocycles. The van der Waals surface area contributed by atoms with Gasteiger partial charge in [-0.15, -0.1) is 0 Å². The molecule has 4 heterocycles. The SMILES string of the molecule is O=C(c1cnccn1)N1C[C@H]2CC[C@@H](C1)N(Cc1c(F)cccc1Cl)C2. The summed E-state index contributed by atoms with van der Waals surface area (Å²) in [7, 11) is 0. The molecule has 0 N–H and O–H groups in total. The zero-order valence-electron chi connectivity index (χ0n) is 14.3. The monoisotopic (exact) mass is 374 g/mol. The fourth-order valence-corrected chi connectivity index (χ4v) is 4.22. The van der Waals surface area contributed by atoms with Crippen molar-refractivity contribution in [1.29, 1.82) is 0 Å². The zero-order chi connectivity index (χ0) is 18.1. The van der Waals surface area contributed by atoms with Crippen molar-refractivity contribution in [3.05, 3.63) is 58.9 Å². The van der Waals surface area contributed by atoms with Gasteiger partial charge in [0.1, 0.15) is 11.5 Å². The third-order valence-electron chi connectivity index (χ3n) is 5.32. The molecule has 3 fully saturated rings. The standard InChI is InChI=1S/C19H20ClFN4O/c20-16-2-1-3-17(21)15(16)12-24-9-13-4-5-14(24)11-25(10-13)19(26)18-8-22-6-7-23-18/h1-3,6-8,13-14H,4-5,9-12H2/t13-,14-/m0/s1. The van der Waals surface area contributed by atoms with Crippen molar-refractivity contribution >= 4 is 17.5 Å². The van der Waals surface area contributed by atoms with Crippen LogP contribution in [0.15, 0.2) is 36.8 Å². The summed E-state index contributed by atoms with van der Waals surface area (Å²) in [5, 5.41) is 0.456. The van der Waals surface area contributed by atoms with Gasteiger partial charge in [0, 0.05) is 55.2 Å². The maximum absolute atomic E-state index is 14.2. The molecular weight excluding hydrogens is 355 g/mol.